The summed E-state index contributed by atoms with van der Waals surface area (Å²) in [5.41, 5.74) is 1.09. The van der Waals surface area contributed by atoms with E-state index in [1.54, 1.807) is 47.9 Å². The van der Waals surface area contributed by atoms with Gasteiger partial charge in [0, 0.05) is 17.3 Å². The van der Waals surface area contributed by atoms with E-state index in [-0.39, 0.29) is 17.4 Å². The van der Waals surface area contributed by atoms with Gasteiger partial charge in [-0.15, -0.1) is 0 Å². The molecular weight excluding hydrogens is 450 g/mol. The number of hydrogen-bond acceptors (Lipinski definition) is 6. The van der Waals surface area contributed by atoms with Gasteiger partial charge in [-0.05, 0) is 55.3 Å². The first kappa shape index (κ1) is 23.8. The highest BCUT2D eigenvalue weighted by atomic mass is 35.5. The number of thioether (sulfide) groups is 1. The molecule has 32 heavy (non-hydrogen) atoms. The molecular formula is C23H24ClN3O4S. The van der Waals surface area contributed by atoms with Crippen molar-refractivity contribution < 1.29 is 14.3 Å². The Hall–Kier alpha value is -2.84. The minimum Gasteiger partial charge on any atom is -0.465 e. The molecule has 0 aliphatic rings. The summed E-state index contributed by atoms with van der Waals surface area (Å²) in [4.78, 5) is 42.4. The van der Waals surface area contributed by atoms with Gasteiger partial charge in [-0.25, -0.2) is 9.78 Å². The van der Waals surface area contributed by atoms with Crippen LogP contribution in [0.25, 0.3) is 10.9 Å². The van der Waals surface area contributed by atoms with Crippen molar-refractivity contribution in [3.05, 3.63) is 63.4 Å². The highest BCUT2D eigenvalue weighted by molar-refractivity contribution is 8.00. The number of aromatic nitrogens is 2. The normalized spacial score (nSPS) is 12.1. The van der Waals surface area contributed by atoms with Crippen LogP contribution in [0.3, 0.4) is 0 Å². The van der Waals surface area contributed by atoms with Crippen molar-refractivity contribution in [1.29, 1.82) is 0 Å². The Bertz CT molecular complexity index is 1210. The SMILES string of the molecule is COC(=O)c1ccc2c(=O)n(CC(C)C)c(SC(C)C(=O)Nc3ccc(Cl)cc3)nc2c1. The summed E-state index contributed by atoms with van der Waals surface area (Å²) in [7, 11) is 1.29. The minimum absolute atomic E-state index is 0.193. The highest BCUT2D eigenvalue weighted by Crippen LogP contribution is 2.25. The van der Waals surface area contributed by atoms with Crippen LogP contribution >= 0.6 is 23.4 Å². The van der Waals surface area contributed by atoms with Gasteiger partial charge in [0.2, 0.25) is 5.91 Å². The average Bonchev–Trinajstić information content (AvgIpc) is 2.76. The quantitative estimate of drug-likeness (QED) is 0.306. The van der Waals surface area contributed by atoms with E-state index in [9.17, 15) is 14.4 Å². The number of ether oxygens (including phenoxy) is 1. The first-order chi connectivity index (χ1) is 15.2. The number of rotatable bonds is 7. The highest BCUT2D eigenvalue weighted by Gasteiger charge is 2.21. The zero-order chi connectivity index (χ0) is 23.4. The van der Waals surface area contributed by atoms with E-state index in [1.165, 1.54) is 24.9 Å². The number of carbonyl (C=O) groups excluding carboxylic acids is 2. The minimum atomic E-state index is -0.530. The van der Waals surface area contributed by atoms with Crippen LogP contribution in [0.5, 0.6) is 0 Å². The number of amides is 1. The molecule has 2 aromatic carbocycles. The number of benzene rings is 2. The second kappa shape index (κ2) is 10.2. The van der Waals surface area contributed by atoms with E-state index in [0.717, 1.165) is 0 Å². The fourth-order valence-corrected chi connectivity index (χ4v) is 4.09. The summed E-state index contributed by atoms with van der Waals surface area (Å²) >= 11 is 7.08. The fraction of sp³-hybridized carbons (Fsp3) is 0.304. The number of nitrogens with zero attached hydrogens (tertiary/aromatic N) is 2. The molecule has 1 heterocycles. The molecule has 1 aromatic heterocycles. The van der Waals surface area contributed by atoms with Crippen molar-refractivity contribution in [2.75, 3.05) is 12.4 Å². The summed E-state index contributed by atoms with van der Waals surface area (Å²) in [6.07, 6.45) is 0. The van der Waals surface area contributed by atoms with E-state index in [2.05, 4.69) is 10.3 Å². The Balaban J connectivity index is 1.96. The lowest BCUT2D eigenvalue weighted by molar-refractivity contribution is -0.115. The molecule has 3 aromatic rings. The van der Waals surface area contributed by atoms with Gasteiger partial charge >= 0.3 is 5.97 Å². The maximum atomic E-state index is 13.2. The summed E-state index contributed by atoms with van der Waals surface area (Å²) in [6, 6.07) is 11.5. The van der Waals surface area contributed by atoms with Crippen LogP contribution in [0.15, 0.2) is 52.4 Å². The molecule has 0 saturated carbocycles. The molecule has 168 valence electrons. The molecule has 0 radical (unpaired) electrons. The maximum Gasteiger partial charge on any atom is 0.337 e. The summed E-state index contributed by atoms with van der Waals surface area (Å²) in [5, 5.41) is 3.70. The van der Waals surface area contributed by atoms with Crippen LogP contribution in [0.1, 0.15) is 31.1 Å². The molecule has 1 unspecified atom stereocenters. The largest absolute Gasteiger partial charge is 0.465 e. The number of hydrogen-bond donors (Lipinski definition) is 1. The number of esters is 1. The van der Waals surface area contributed by atoms with E-state index in [4.69, 9.17) is 16.3 Å². The predicted molar refractivity (Wildman–Crippen MR) is 128 cm³/mol. The summed E-state index contributed by atoms with van der Waals surface area (Å²) < 4.78 is 6.35. The molecule has 3 rings (SSSR count). The van der Waals surface area contributed by atoms with Crippen molar-refractivity contribution in [3.63, 3.8) is 0 Å². The Kier molecular flexibility index (Phi) is 7.58. The van der Waals surface area contributed by atoms with Crippen LogP contribution in [-0.4, -0.2) is 33.8 Å². The Morgan fingerprint density at radius 2 is 1.84 bits per heavy atom. The van der Waals surface area contributed by atoms with E-state index in [0.29, 0.717) is 38.9 Å². The zero-order valence-electron chi connectivity index (χ0n) is 18.2. The Morgan fingerprint density at radius 1 is 1.16 bits per heavy atom. The molecule has 9 heteroatoms. The van der Waals surface area contributed by atoms with Crippen molar-refractivity contribution in [2.45, 2.75) is 37.7 Å². The molecule has 0 aliphatic heterocycles. The van der Waals surface area contributed by atoms with Crippen molar-refractivity contribution in [3.8, 4) is 0 Å². The molecule has 0 aliphatic carbocycles. The zero-order valence-corrected chi connectivity index (χ0v) is 19.8. The van der Waals surface area contributed by atoms with Crippen LogP contribution in [-0.2, 0) is 16.1 Å². The third-order valence-corrected chi connectivity index (χ3v) is 5.99. The van der Waals surface area contributed by atoms with Crippen LogP contribution in [0.2, 0.25) is 5.02 Å². The molecule has 1 amide bonds. The third-order valence-electron chi connectivity index (χ3n) is 4.65. The number of nitrogens with one attached hydrogen (secondary N) is 1. The second-order valence-electron chi connectivity index (χ2n) is 7.68. The Morgan fingerprint density at radius 3 is 2.47 bits per heavy atom. The van der Waals surface area contributed by atoms with Gasteiger partial charge in [0.15, 0.2) is 5.16 Å². The van der Waals surface area contributed by atoms with Crippen LogP contribution < -0.4 is 10.9 Å². The third kappa shape index (κ3) is 5.49. The molecule has 7 nitrogen and oxygen atoms in total. The fourth-order valence-electron chi connectivity index (χ4n) is 3.05. The number of carbonyl (C=O) groups is 2. The lowest BCUT2D eigenvalue weighted by Crippen LogP contribution is -2.28. The molecule has 0 fully saturated rings. The van der Waals surface area contributed by atoms with E-state index in [1.807, 2.05) is 13.8 Å². The molecule has 0 spiro atoms. The maximum absolute atomic E-state index is 13.2. The monoisotopic (exact) mass is 473 g/mol. The predicted octanol–water partition coefficient (Wildman–Crippen LogP) is 4.61. The lowest BCUT2D eigenvalue weighted by atomic mass is 10.1. The van der Waals surface area contributed by atoms with Crippen LogP contribution in [0.4, 0.5) is 5.69 Å². The lowest BCUT2D eigenvalue weighted by Gasteiger charge is -2.18. The van der Waals surface area contributed by atoms with Gasteiger partial charge in [0.1, 0.15) is 0 Å². The van der Waals surface area contributed by atoms with Crippen LogP contribution in [0, 0.1) is 5.92 Å². The van der Waals surface area contributed by atoms with Gasteiger partial charge in [-0.3, -0.25) is 14.2 Å². The number of methoxy groups -OCH3 is 1. The smallest absolute Gasteiger partial charge is 0.337 e. The van der Waals surface area contributed by atoms with Crippen molar-refractivity contribution >= 4 is 51.8 Å². The van der Waals surface area contributed by atoms with Gasteiger partial charge in [0.25, 0.3) is 5.56 Å². The first-order valence-electron chi connectivity index (χ1n) is 10.1. The molecule has 0 saturated heterocycles. The van der Waals surface area contributed by atoms with Gasteiger partial charge in [-0.2, -0.15) is 0 Å². The van der Waals surface area contributed by atoms with Crippen molar-refractivity contribution in [1.82, 2.24) is 9.55 Å². The molecule has 0 bridgehead atoms. The van der Waals surface area contributed by atoms with Gasteiger partial charge in [0.05, 0.1) is 28.8 Å². The number of anilines is 1. The average molecular weight is 474 g/mol. The first-order valence-corrected chi connectivity index (χ1v) is 11.3. The van der Waals surface area contributed by atoms with Gasteiger partial charge in [-0.1, -0.05) is 37.2 Å². The second-order valence-corrected chi connectivity index (χ2v) is 9.43. The molecule has 1 atom stereocenters. The summed E-state index contributed by atoms with van der Waals surface area (Å²) in [6.45, 7) is 6.20. The number of fused-ring (bicyclic) bond motifs is 1. The standard InChI is InChI=1S/C23H24ClN3O4S/c1-13(2)12-27-21(29)18-10-5-15(22(30)31-4)11-19(18)26-23(27)32-14(3)20(28)25-17-8-6-16(24)7-9-17/h5-11,13-14H,12H2,1-4H3,(H,25,28). The topological polar surface area (TPSA) is 90.3 Å². The Labute approximate surface area is 195 Å². The molecule has 1 N–H and O–H groups in total. The van der Waals surface area contributed by atoms with E-state index >= 15 is 0 Å². The van der Waals surface area contributed by atoms with E-state index < -0.39 is 11.2 Å². The van der Waals surface area contributed by atoms with Gasteiger partial charge < -0.3 is 10.1 Å². The number of halogens is 1. The van der Waals surface area contributed by atoms with Crippen molar-refractivity contribution in [2.24, 2.45) is 5.92 Å². The summed E-state index contributed by atoms with van der Waals surface area (Å²) in [5.74, 6) is -0.546.